The predicted molar refractivity (Wildman–Crippen MR) is 65.4 cm³/mol. The highest BCUT2D eigenvalue weighted by atomic mass is 28.4. The first-order valence-electron chi connectivity index (χ1n) is 6.50. The zero-order valence-corrected chi connectivity index (χ0v) is 11.7. The molecule has 0 spiro atoms. The van der Waals surface area contributed by atoms with E-state index in [1.807, 2.05) is 5.06 Å². The van der Waals surface area contributed by atoms with Gasteiger partial charge in [0.25, 0.3) is 0 Å². The third-order valence-electron chi connectivity index (χ3n) is 4.08. The lowest BCUT2D eigenvalue weighted by molar-refractivity contribution is -0.0863. The molecular weight excluding hydrogens is 232 g/mol. The molecule has 3 rings (SSSR count). The van der Waals surface area contributed by atoms with Crippen molar-refractivity contribution >= 4 is 8.32 Å². The van der Waals surface area contributed by atoms with Gasteiger partial charge in [-0.15, -0.1) is 0 Å². The lowest BCUT2D eigenvalue weighted by Gasteiger charge is -2.29. The van der Waals surface area contributed by atoms with Gasteiger partial charge in [0.05, 0.1) is 18.3 Å². The van der Waals surface area contributed by atoms with Crippen LogP contribution in [0.3, 0.4) is 0 Å². The molecular formula is C12H20N2O2Si. The van der Waals surface area contributed by atoms with Gasteiger partial charge in [-0.05, 0) is 32.5 Å². The second-order valence-corrected chi connectivity index (χ2v) is 10.8. The predicted octanol–water partition coefficient (Wildman–Crippen LogP) is 1.75. The summed E-state index contributed by atoms with van der Waals surface area (Å²) in [5, 5.41) is 11.4. The van der Waals surface area contributed by atoms with Gasteiger partial charge in [0.15, 0.2) is 0 Å². The molecule has 0 aromatic rings. The monoisotopic (exact) mass is 252 g/mol. The van der Waals surface area contributed by atoms with E-state index < -0.39 is 8.32 Å². The van der Waals surface area contributed by atoms with Crippen molar-refractivity contribution in [1.29, 1.82) is 5.26 Å². The van der Waals surface area contributed by atoms with E-state index in [0.29, 0.717) is 24.0 Å². The first-order valence-corrected chi connectivity index (χ1v) is 9.91. The van der Waals surface area contributed by atoms with Gasteiger partial charge in [0.1, 0.15) is 6.04 Å². The summed E-state index contributed by atoms with van der Waals surface area (Å²) in [7, 11) is -1.62. The molecule has 0 radical (unpaired) electrons. The summed E-state index contributed by atoms with van der Waals surface area (Å²) in [6.45, 7) is 7.39. The summed E-state index contributed by atoms with van der Waals surface area (Å²) in [5.41, 5.74) is 0. The zero-order valence-electron chi connectivity index (χ0n) is 10.7. The van der Waals surface area contributed by atoms with Crippen molar-refractivity contribution in [3.8, 4) is 6.07 Å². The second-order valence-electron chi connectivity index (χ2n) is 6.41. The molecule has 0 amide bonds. The Morgan fingerprint density at radius 1 is 1.29 bits per heavy atom. The maximum absolute atomic E-state index is 9.40. The molecule has 17 heavy (non-hydrogen) atoms. The third kappa shape index (κ3) is 1.84. The third-order valence-corrected chi connectivity index (χ3v) is 4.86. The molecule has 2 bridgehead atoms. The summed E-state index contributed by atoms with van der Waals surface area (Å²) in [6.07, 6.45) is 3.00. The van der Waals surface area contributed by atoms with Crippen LogP contribution >= 0.6 is 0 Å². The van der Waals surface area contributed by atoms with Gasteiger partial charge in [-0.2, -0.15) is 10.3 Å². The molecule has 3 fully saturated rings. The minimum absolute atomic E-state index is 0.0953. The van der Waals surface area contributed by atoms with Crippen molar-refractivity contribution in [1.82, 2.24) is 5.06 Å². The second kappa shape index (κ2) is 3.79. The van der Waals surface area contributed by atoms with Crippen LogP contribution in [0.5, 0.6) is 0 Å². The van der Waals surface area contributed by atoms with E-state index in [2.05, 4.69) is 25.7 Å². The van der Waals surface area contributed by atoms with Crippen molar-refractivity contribution in [3.63, 3.8) is 0 Å². The first kappa shape index (κ1) is 11.7. The number of nitriles is 1. The minimum atomic E-state index is -1.62. The fraction of sp³-hybridized carbons (Fsp3) is 0.917. The Bertz CT molecular complexity index is 362. The van der Waals surface area contributed by atoms with E-state index in [9.17, 15) is 5.26 Å². The topological polar surface area (TPSA) is 45.5 Å². The number of fused-ring (bicyclic) bond motifs is 5. The van der Waals surface area contributed by atoms with Crippen molar-refractivity contribution < 1.29 is 9.26 Å². The number of hydrogen-bond acceptors (Lipinski definition) is 4. The standard InChI is InChI=1S/C12H20N2O2Si/c1-17(2,3)16-14-7-8-10-4-5-11(15-10)12(8)9(14)6-13/h8-12H,4-5,7H2,1-3H3/t8-,9?,10+,11-,12+/m0/s1. The highest BCUT2D eigenvalue weighted by molar-refractivity contribution is 6.69. The lowest BCUT2D eigenvalue weighted by Crippen LogP contribution is -2.42. The van der Waals surface area contributed by atoms with Crippen molar-refractivity contribution in [2.45, 2.75) is 50.7 Å². The maximum atomic E-state index is 9.40. The average Bonchev–Trinajstić information content (AvgIpc) is 2.83. The Hall–Kier alpha value is -0.413. The molecule has 3 aliphatic rings. The van der Waals surface area contributed by atoms with Crippen LogP contribution in [0.2, 0.25) is 19.6 Å². The van der Waals surface area contributed by atoms with Gasteiger partial charge in [-0.1, -0.05) is 0 Å². The highest BCUT2D eigenvalue weighted by Crippen LogP contribution is 2.50. The summed E-state index contributed by atoms with van der Waals surface area (Å²) in [4.78, 5) is 0. The smallest absolute Gasteiger partial charge is 0.212 e. The number of rotatable bonds is 2. The fourth-order valence-corrected chi connectivity index (χ4v) is 4.49. The van der Waals surface area contributed by atoms with Crippen LogP contribution in [0.1, 0.15) is 12.8 Å². The van der Waals surface area contributed by atoms with E-state index in [0.717, 1.165) is 13.0 Å². The molecule has 94 valence electrons. The highest BCUT2D eigenvalue weighted by Gasteiger charge is 2.58. The molecule has 0 aliphatic carbocycles. The molecule has 0 saturated carbocycles. The van der Waals surface area contributed by atoms with Crippen LogP contribution in [0.25, 0.3) is 0 Å². The van der Waals surface area contributed by atoms with E-state index in [1.165, 1.54) is 6.42 Å². The Balaban J connectivity index is 1.79. The van der Waals surface area contributed by atoms with Crippen molar-refractivity contribution in [3.05, 3.63) is 0 Å². The normalized spacial score (nSPS) is 44.9. The first-order chi connectivity index (χ1) is 7.99. The Labute approximate surface area is 104 Å². The summed E-state index contributed by atoms with van der Waals surface area (Å²) >= 11 is 0. The van der Waals surface area contributed by atoms with E-state index in [4.69, 9.17) is 9.26 Å². The Morgan fingerprint density at radius 2 is 2.00 bits per heavy atom. The fourth-order valence-electron chi connectivity index (χ4n) is 3.60. The molecule has 5 atom stereocenters. The molecule has 5 heteroatoms. The Morgan fingerprint density at radius 3 is 2.65 bits per heavy atom. The lowest BCUT2D eigenvalue weighted by atomic mass is 9.79. The van der Waals surface area contributed by atoms with E-state index >= 15 is 0 Å². The SMILES string of the molecule is C[Si](C)(C)ON1C[C@@H]2[C@H](C1C#N)[C@@H]1CC[C@H]2O1. The molecule has 0 N–H and O–H groups in total. The average molecular weight is 252 g/mol. The van der Waals surface area contributed by atoms with Crippen molar-refractivity contribution in [2.24, 2.45) is 11.8 Å². The van der Waals surface area contributed by atoms with Crippen LogP contribution < -0.4 is 0 Å². The number of nitrogens with zero attached hydrogens (tertiary/aromatic N) is 2. The van der Waals surface area contributed by atoms with Gasteiger partial charge in [0, 0.05) is 18.4 Å². The zero-order chi connectivity index (χ0) is 12.2. The molecule has 3 heterocycles. The maximum Gasteiger partial charge on any atom is 0.212 e. The molecule has 4 nitrogen and oxygen atoms in total. The van der Waals surface area contributed by atoms with Gasteiger partial charge in [0.2, 0.25) is 8.32 Å². The molecule has 0 aromatic carbocycles. The summed E-state index contributed by atoms with van der Waals surface area (Å²) < 4.78 is 12.0. The van der Waals surface area contributed by atoms with Gasteiger partial charge in [-0.25, -0.2) is 0 Å². The minimum Gasteiger partial charge on any atom is -0.374 e. The molecule has 3 aliphatic heterocycles. The van der Waals surface area contributed by atoms with Crippen molar-refractivity contribution in [2.75, 3.05) is 6.54 Å². The van der Waals surface area contributed by atoms with Crippen LogP contribution in [-0.4, -0.2) is 38.2 Å². The summed E-state index contributed by atoms with van der Waals surface area (Å²) in [6, 6.07) is 2.34. The van der Waals surface area contributed by atoms with Crippen LogP contribution in [0, 0.1) is 23.2 Å². The quantitative estimate of drug-likeness (QED) is 0.702. The number of hydrogen-bond donors (Lipinski definition) is 0. The van der Waals surface area contributed by atoms with Gasteiger partial charge in [-0.3, -0.25) is 0 Å². The molecule has 1 unspecified atom stereocenters. The summed E-state index contributed by atoms with van der Waals surface area (Å²) in [5.74, 6) is 0.907. The van der Waals surface area contributed by atoms with E-state index in [-0.39, 0.29) is 6.04 Å². The number of hydroxylamine groups is 2. The van der Waals surface area contributed by atoms with Crippen LogP contribution in [0.4, 0.5) is 0 Å². The van der Waals surface area contributed by atoms with Crippen LogP contribution in [0.15, 0.2) is 0 Å². The van der Waals surface area contributed by atoms with Gasteiger partial charge < -0.3 is 9.26 Å². The molecule has 0 aromatic heterocycles. The van der Waals surface area contributed by atoms with Gasteiger partial charge >= 0.3 is 0 Å². The largest absolute Gasteiger partial charge is 0.374 e. The number of ether oxygens (including phenoxy) is 1. The van der Waals surface area contributed by atoms with E-state index in [1.54, 1.807) is 0 Å². The molecule has 3 saturated heterocycles. The Kier molecular flexibility index (Phi) is 2.60. The van der Waals surface area contributed by atoms with Crippen LogP contribution in [-0.2, 0) is 9.26 Å².